The van der Waals surface area contributed by atoms with Gasteiger partial charge in [-0.3, -0.25) is 0 Å². The third kappa shape index (κ3) is 4.32. The summed E-state index contributed by atoms with van der Waals surface area (Å²) < 4.78 is 12.7. The van der Waals surface area contributed by atoms with Crippen molar-refractivity contribution in [1.82, 2.24) is 0 Å². The van der Waals surface area contributed by atoms with Gasteiger partial charge >= 0.3 is 0 Å². The first-order valence-corrected chi connectivity index (χ1v) is 5.96. The smallest absolute Gasteiger partial charge is 0.123 e. The van der Waals surface area contributed by atoms with Crippen molar-refractivity contribution >= 4 is 12.2 Å². The fourth-order valence-corrected chi connectivity index (χ4v) is 1.62. The lowest BCUT2D eigenvalue weighted by Crippen LogP contribution is -1.90. The Morgan fingerprint density at radius 1 is 0.895 bits per heavy atom. The van der Waals surface area contributed by atoms with Gasteiger partial charge in [0.1, 0.15) is 12.4 Å². The van der Waals surface area contributed by atoms with E-state index in [9.17, 15) is 4.39 Å². The Kier molecular flexibility index (Phi) is 4.84. The normalized spacial score (nSPS) is 11.1. The molecule has 0 spiro atoms. The van der Waals surface area contributed by atoms with E-state index in [2.05, 4.69) is 4.89 Å². The van der Waals surface area contributed by atoms with Gasteiger partial charge in [-0.25, -0.2) is 14.2 Å². The third-order valence-electron chi connectivity index (χ3n) is 2.66. The van der Waals surface area contributed by atoms with Crippen LogP contribution in [0.4, 0.5) is 4.39 Å². The molecule has 0 aromatic heterocycles. The monoisotopic (exact) mass is 258 g/mol. The molecule has 0 radical (unpaired) electrons. The van der Waals surface area contributed by atoms with Gasteiger partial charge in [0.15, 0.2) is 0 Å². The Balaban J connectivity index is 2.00. The van der Waals surface area contributed by atoms with Gasteiger partial charge in [0, 0.05) is 0 Å². The molecule has 0 saturated heterocycles. The zero-order chi connectivity index (χ0) is 13.5. The molecule has 0 amide bonds. The SMILES string of the molecule is COOCc1ccc(/C=C/c2ccc(F)cc2)cc1. The second-order valence-electron chi connectivity index (χ2n) is 4.06. The Hall–Kier alpha value is -1.97. The molecule has 0 aliphatic heterocycles. The maximum absolute atomic E-state index is 12.7. The largest absolute Gasteiger partial charge is 0.240 e. The van der Waals surface area contributed by atoms with E-state index in [0.717, 1.165) is 16.7 Å². The minimum atomic E-state index is -0.223. The number of rotatable bonds is 5. The zero-order valence-electron chi connectivity index (χ0n) is 10.7. The molecule has 0 aliphatic rings. The zero-order valence-corrected chi connectivity index (χ0v) is 10.7. The minimum Gasteiger partial charge on any atom is -0.240 e. The molecule has 98 valence electrons. The van der Waals surface area contributed by atoms with Crippen LogP contribution < -0.4 is 0 Å². The summed E-state index contributed by atoms with van der Waals surface area (Å²) >= 11 is 0. The van der Waals surface area contributed by atoms with Crippen LogP contribution in [0, 0.1) is 5.82 Å². The van der Waals surface area contributed by atoms with E-state index >= 15 is 0 Å². The van der Waals surface area contributed by atoms with Crippen LogP contribution in [0.5, 0.6) is 0 Å². The quantitative estimate of drug-likeness (QED) is 0.457. The third-order valence-corrected chi connectivity index (χ3v) is 2.66. The van der Waals surface area contributed by atoms with Gasteiger partial charge in [-0.1, -0.05) is 48.6 Å². The summed E-state index contributed by atoms with van der Waals surface area (Å²) in [4.78, 5) is 9.39. The summed E-state index contributed by atoms with van der Waals surface area (Å²) in [6.07, 6.45) is 3.92. The predicted molar refractivity (Wildman–Crippen MR) is 73.6 cm³/mol. The van der Waals surface area contributed by atoms with Crippen LogP contribution in [0.3, 0.4) is 0 Å². The highest BCUT2D eigenvalue weighted by molar-refractivity contribution is 5.69. The summed E-state index contributed by atoms with van der Waals surface area (Å²) in [7, 11) is 1.49. The predicted octanol–water partition coefficient (Wildman–Crippen LogP) is 4.07. The Bertz CT molecular complexity index is 530. The lowest BCUT2D eigenvalue weighted by molar-refractivity contribution is -0.282. The van der Waals surface area contributed by atoms with Crippen molar-refractivity contribution in [2.75, 3.05) is 7.11 Å². The molecule has 0 heterocycles. The van der Waals surface area contributed by atoms with Gasteiger partial charge in [0.05, 0.1) is 7.11 Å². The van der Waals surface area contributed by atoms with E-state index in [-0.39, 0.29) is 5.82 Å². The van der Waals surface area contributed by atoms with E-state index < -0.39 is 0 Å². The van der Waals surface area contributed by atoms with Gasteiger partial charge in [-0.05, 0) is 28.8 Å². The van der Waals surface area contributed by atoms with Crippen LogP contribution in [0.2, 0.25) is 0 Å². The standard InChI is InChI=1S/C16H15FO2/c1-18-19-12-15-6-4-13(5-7-15)2-3-14-8-10-16(17)11-9-14/h2-11H,12H2,1H3/b3-2+. The van der Waals surface area contributed by atoms with Crippen LogP contribution >= 0.6 is 0 Å². The van der Waals surface area contributed by atoms with Crippen molar-refractivity contribution in [2.45, 2.75) is 6.61 Å². The van der Waals surface area contributed by atoms with Crippen molar-refractivity contribution in [3.8, 4) is 0 Å². The van der Waals surface area contributed by atoms with E-state index in [1.165, 1.54) is 19.2 Å². The van der Waals surface area contributed by atoms with Crippen molar-refractivity contribution < 1.29 is 14.2 Å². The minimum absolute atomic E-state index is 0.223. The maximum Gasteiger partial charge on any atom is 0.123 e. The van der Waals surface area contributed by atoms with Crippen LogP contribution in [0.25, 0.3) is 12.2 Å². The molecule has 0 bridgehead atoms. The molecule has 3 heteroatoms. The molecule has 2 nitrogen and oxygen atoms in total. The first kappa shape index (κ1) is 13.5. The summed E-state index contributed by atoms with van der Waals surface area (Å²) in [5.41, 5.74) is 3.08. The number of benzene rings is 2. The molecule has 0 N–H and O–H groups in total. The molecule has 0 atom stereocenters. The Morgan fingerprint density at radius 3 is 1.95 bits per heavy atom. The summed E-state index contributed by atoms with van der Waals surface area (Å²) in [5.74, 6) is -0.223. The second kappa shape index (κ2) is 6.83. The highest BCUT2D eigenvalue weighted by Gasteiger charge is 1.94. The maximum atomic E-state index is 12.7. The van der Waals surface area contributed by atoms with E-state index in [1.54, 1.807) is 12.1 Å². The molecule has 19 heavy (non-hydrogen) atoms. The van der Waals surface area contributed by atoms with Crippen molar-refractivity contribution in [3.63, 3.8) is 0 Å². The number of halogens is 1. The number of hydrogen-bond donors (Lipinski definition) is 0. The van der Waals surface area contributed by atoms with Gasteiger partial charge in [-0.2, -0.15) is 0 Å². The highest BCUT2D eigenvalue weighted by Crippen LogP contribution is 2.11. The van der Waals surface area contributed by atoms with Crippen molar-refractivity contribution in [3.05, 3.63) is 71.0 Å². The van der Waals surface area contributed by atoms with Crippen molar-refractivity contribution in [1.29, 1.82) is 0 Å². The summed E-state index contributed by atoms with van der Waals surface area (Å²) in [6.45, 7) is 0.429. The first-order valence-electron chi connectivity index (χ1n) is 5.96. The first-order chi connectivity index (χ1) is 9.28. The van der Waals surface area contributed by atoms with Crippen molar-refractivity contribution in [2.24, 2.45) is 0 Å². The Morgan fingerprint density at radius 2 is 1.42 bits per heavy atom. The molecule has 2 aromatic carbocycles. The van der Waals surface area contributed by atoms with Crippen LogP contribution in [0.1, 0.15) is 16.7 Å². The lowest BCUT2D eigenvalue weighted by atomic mass is 10.1. The number of hydrogen-bond acceptors (Lipinski definition) is 2. The van der Waals surface area contributed by atoms with Crippen LogP contribution in [-0.2, 0) is 16.4 Å². The molecule has 2 aromatic rings. The molecule has 2 rings (SSSR count). The molecular weight excluding hydrogens is 243 g/mol. The average Bonchev–Trinajstić information content (AvgIpc) is 2.46. The average molecular weight is 258 g/mol. The van der Waals surface area contributed by atoms with Gasteiger partial charge in [0.2, 0.25) is 0 Å². The molecule has 0 unspecified atom stereocenters. The molecule has 0 fully saturated rings. The van der Waals surface area contributed by atoms with Gasteiger partial charge in [-0.15, -0.1) is 0 Å². The summed E-state index contributed by atoms with van der Waals surface area (Å²) in [6, 6.07) is 14.3. The topological polar surface area (TPSA) is 18.5 Å². The van der Waals surface area contributed by atoms with Crippen LogP contribution in [0.15, 0.2) is 48.5 Å². The van der Waals surface area contributed by atoms with Gasteiger partial charge in [0.25, 0.3) is 0 Å². The molecule has 0 saturated carbocycles. The van der Waals surface area contributed by atoms with E-state index in [4.69, 9.17) is 4.89 Å². The lowest BCUT2D eigenvalue weighted by Gasteiger charge is -2.01. The fraction of sp³-hybridized carbons (Fsp3) is 0.125. The molecular formula is C16H15FO2. The molecule has 0 aliphatic carbocycles. The van der Waals surface area contributed by atoms with Gasteiger partial charge < -0.3 is 0 Å². The van der Waals surface area contributed by atoms with E-state index in [1.807, 2.05) is 36.4 Å². The second-order valence-corrected chi connectivity index (χ2v) is 4.06. The fourth-order valence-electron chi connectivity index (χ4n) is 1.62. The highest BCUT2D eigenvalue weighted by atomic mass is 19.1. The summed E-state index contributed by atoms with van der Waals surface area (Å²) in [5, 5.41) is 0. The Labute approximate surface area is 112 Å². The van der Waals surface area contributed by atoms with Crippen LogP contribution in [-0.4, -0.2) is 7.11 Å². The van der Waals surface area contributed by atoms with E-state index in [0.29, 0.717) is 6.61 Å².